The van der Waals surface area contributed by atoms with E-state index in [1.807, 2.05) is 0 Å². The van der Waals surface area contributed by atoms with Gasteiger partial charge in [-0.2, -0.15) is 0 Å². The molecule has 1 unspecified atom stereocenters. The van der Waals surface area contributed by atoms with E-state index in [1.54, 1.807) is 0 Å². The van der Waals surface area contributed by atoms with Crippen LogP contribution in [0.25, 0.3) is 16.5 Å². The first-order chi connectivity index (χ1) is 8.34. The predicted octanol–water partition coefficient (Wildman–Crippen LogP) is 2.71. The van der Waals surface area contributed by atoms with Crippen molar-refractivity contribution in [1.29, 1.82) is 0 Å². The van der Waals surface area contributed by atoms with Crippen LogP contribution in [-0.2, 0) is 6.54 Å². The third-order valence-electron chi connectivity index (χ3n) is 4.06. The number of nitrogens with one attached hydrogen (secondary N) is 1. The smallest absolute Gasteiger partial charge is 0.0560 e. The van der Waals surface area contributed by atoms with Crippen LogP contribution in [0.4, 0.5) is 0 Å². The molecule has 0 bridgehead atoms. The molecule has 0 saturated heterocycles. The molecule has 17 heavy (non-hydrogen) atoms. The summed E-state index contributed by atoms with van der Waals surface area (Å²) >= 11 is 0. The molecule has 0 aliphatic carbocycles. The summed E-state index contributed by atoms with van der Waals surface area (Å²) in [6.45, 7) is 4.40. The van der Waals surface area contributed by atoms with Crippen LogP contribution >= 0.6 is 0 Å². The maximum Gasteiger partial charge on any atom is 0.0560 e. The summed E-state index contributed by atoms with van der Waals surface area (Å²) in [5.74, 6) is 0. The van der Waals surface area contributed by atoms with Gasteiger partial charge >= 0.3 is 0 Å². The van der Waals surface area contributed by atoms with Gasteiger partial charge in [-0.25, -0.2) is 0 Å². The van der Waals surface area contributed by atoms with Gasteiger partial charge in [-0.1, -0.05) is 24.3 Å². The molecule has 2 nitrogen and oxygen atoms in total. The highest BCUT2D eigenvalue weighted by Gasteiger charge is 2.26. The lowest BCUT2D eigenvalue weighted by molar-refractivity contribution is 0.515. The molecule has 1 N–H and O–H groups in total. The van der Waals surface area contributed by atoms with Gasteiger partial charge in [0, 0.05) is 23.7 Å². The summed E-state index contributed by atoms with van der Waals surface area (Å²) in [6.07, 6.45) is 5.87. The minimum Gasteiger partial charge on any atom is -0.345 e. The third kappa shape index (κ3) is 1.19. The molecule has 2 heteroatoms. The topological polar surface area (TPSA) is 17.0 Å². The minimum absolute atomic E-state index is 0.508. The van der Waals surface area contributed by atoms with E-state index in [4.69, 9.17) is 0 Å². The van der Waals surface area contributed by atoms with E-state index in [1.165, 1.54) is 27.6 Å². The third-order valence-corrected chi connectivity index (χ3v) is 4.06. The van der Waals surface area contributed by atoms with Crippen LogP contribution in [0.5, 0.6) is 0 Å². The Balaban J connectivity index is 2.09. The zero-order chi connectivity index (χ0) is 11.4. The normalized spacial score (nSPS) is 22.4. The summed E-state index contributed by atoms with van der Waals surface area (Å²) in [6, 6.07) is 7.20. The highest BCUT2D eigenvalue weighted by molar-refractivity contribution is 5.96. The molecule has 2 aliphatic heterocycles. The van der Waals surface area contributed by atoms with Crippen molar-refractivity contribution >= 4 is 16.5 Å². The van der Waals surface area contributed by atoms with Crippen LogP contribution in [0.15, 0.2) is 30.5 Å². The van der Waals surface area contributed by atoms with Crippen molar-refractivity contribution < 1.29 is 0 Å². The van der Waals surface area contributed by atoms with Crippen molar-refractivity contribution in [2.75, 3.05) is 6.54 Å². The van der Waals surface area contributed by atoms with Crippen LogP contribution < -0.4 is 5.32 Å². The summed E-state index contributed by atoms with van der Waals surface area (Å²) < 4.78 is 2.42. The first-order valence-electron chi connectivity index (χ1n) is 6.37. The van der Waals surface area contributed by atoms with Crippen molar-refractivity contribution in [3.63, 3.8) is 0 Å². The van der Waals surface area contributed by atoms with Crippen LogP contribution in [0.1, 0.15) is 17.5 Å². The molecule has 0 saturated carbocycles. The Hall–Kier alpha value is -1.54. The second kappa shape index (κ2) is 3.23. The molecule has 3 heterocycles. The highest BCUT2D eigenvalue weighted by atomic mass is 15.1. The average molecular weight is 224 g/mol. The summed E-state index contributed by atoms with van der Waals surface area (Å²) in [4.78, 5) is 0. The highest BCUT2D eigenvalue weighted by Crippen LogP contribution is 2.36. The lowest BCUT2D eigenvalue weighted by Gasteiger charge is -2.31. The van der Waals surface area contributed by atoms with Crippen LogP contribution in [0, 0.1) is 6.92 Å². The summed E-state index contributed by atoms with van der Waals surface area (Å²) in [5.41, 5.74) is 5.75. The van der Waals surface area contributed by atoms with Crippen molar-refractivity contribution in [3.05, 3.63) is 41.6 Å². The molecule has 2 aliphatic rings. The van der Waals surface area contributed by atoms with Crippen molar-refractivity contribution in [2.24, 2.45) is 0 Å². The average Bonchev–Trinajstić information content (AvgIpc) is 2.68. The molecule has 1 aromatic carbocycles. The van der Waals surface area contributed by atoms with Gasteiger partial charge in [0.1, 0.15) is 0 Å². The molecule has 1 atom stereocenters. The van der Waals surface area contributed by atoms with Gasteiger partial charge in [-0.3, -0.25) is 0 Å². The molecule has 4 rings (SSSR count). The van der Waals surface area contributed by atoms with Gasteiger partial charge in [0.25, 0.3) is 0 Å². The second-order valence-electron chi connectivity index (χ2n) is 5.12. The number of hydrogen-bond donors (Lipinski definition) is 1. The Bertz CT molecular complexity index is 634. The number of fused-ring (bicyclic) bond motifs is 2. The number of benzene rings is 1. The van der Waals surface area contributed by atoms with E-state index >= 15 is 0 Å². The Morgan fingerprint density at radius 1 is 1.35 bits per heavy atom. The SMILES string of the molecule is Cc1cn2c3c(cccc13)C1=CCCNC1C2. The maximum absolute atomic E-state index is 3.62. The van der Waals surface area contributed by atoms with E-state index in [-0.39, 0.29) is 0 Å². The molecule has 2 aromatic rings. The van der Waals surface area contributed by atoms with Crippen LogP contribution in [0.3, 0.4) is 0 Å². The fourth-order valence-electron chi connectivity index (χ4n) is 3.31. The van der Waals surface area contributed by atoms with Gasteiger partial charge in [0.2, 0.25) is 0 Å². The van der Waals surface area contributed by atoms with Gasteiger partial charge in [0.05, 0.1) is 11.6 Å². The van der Waals surface area contributed by atoms with Gasteiger partial charge in [-0.05, 0) is 31.0 Å². The molecule has 1 aromatic heterocycles. The monoisotopic (exact) mass is 224 g/mol. The number of aromatic nitrogens is 1. The van der Waals surface area contributed by atoms with E-state index < -0.39 is 0 Å². The summed E-state index contributed by atoms with van der Waals surface area (Å²) in [5, 5.41) is 5.03. The first-order valence-corrected chi connectivity index (χ1v) is 6.37. The van der Waals surface area contributed by atoms with Gasteiger partial charge in [0.15, 0.2) is 0 Å². The van der Waals surface area contributed by atoms with E-state index in [0.717, 1.165) is 19.5 Å². The van der Waals surface area contributed by atoms with Crippen molar-refractivity contribution in [3.8, 4) is 0 Å². The van der Waals surface area contributed by atoms with E-state index in [0.29, 0.717) is 6.04 Å². The number of aryl methyl sites for hydroxylation is 1. The molecular weight excluding hydrogens is 208 g/mol. The van der Waals surface area contributed by atoms with Gasteiger partial charge < -0.3 is 9.88 Å². The summed E-state index contributed by atoms with van der Waals surface area (Å²) in [7, 11) is 0. The Kier molecular flexibility index (Phi) is 1.80. The molecule has 0 amide bonds. The zero-order valence-electron chi connectivity index (χ0n) is 10.0. The molecule has 0 spiro atoms. The Morgan fingerprint density at radius 2 is 2.29 bits per heavy atom. The van der Waals surface area contributed by atoms with Crippen molar-refractivity contribution in [1.82, 2.24) is 9.88 Å². The lowest BCUT2D eigenvalue weighted by Crippen LogP contribution is -2.39. The molecule has 0 fully saturated rings. The maximum atomic E-state index is 3.62. The van der Waals surface area contributed by atoms with Crippen molar-refractivity contribution in [2.45, 2.75) is 25.9 Å². The predicted molar refractivity (Wildman–Crippen MR) is 71.1 cm³/mol. The fraction of sp³-hybridized carbons (Fsp3) is 0.333. The molecule has 0 radical (unpaired) electrons. The quantitative estimate of drug-likeness (QED) is 0.728. The standard InChI is InChI=1S/C15H16N2/c1-10-8-17-9-14-12(6-3-7-16-14)13-5-2-4-11(10)15(13)17/h2,4-6,8,14,16H,3,7,9H2,1H3. The fourth-order valence-corrected chi connectivity index (χ4v) is 3.31. The van der Waals surface area contributed by atoms with E-state index in [9.17, 15) is 0 Å². The van der Waals surface area contributed by atoms with Crippen LogP contribution in [0.2, 0.25) is 0 Å². The Labute approximate surface area is 101 Å². The molecular formula is C15H16N2. The number of hydrogen-bond acceptors (Lipinski definition) is 1. The zero-order valence-corrected chi connectivity index (χ0v) is 10.0. The van der Waals surface area contributed by atoms with Gasteiger partial charge in [-0.15, -0.1) is 0 Å². The second-order valence-corrected chi connectivity index (χ2v) is 5.12. The largest absolute Gasteiger partial charge is 0.345 e. The Morgan fingerprint density at radius 3 is 3.24 bits per heavy atom. The van der Waals surface area contributed by atoms with Crippen LogP contribution in [-0.4, -0.2) is 17.2 Å². The number of para-hydroxylation sites is 1. The molecule has 86 valence electrons. The first kappa shape index (κ1) is 9.49. The minimum atomic E-state index is 0.508. The lowest BCUT2D eigenvalue weighted by atomic mass is 9.90. The van der Waals surface area contributed by atoms with E-state index in [2.05, 4.69) is 47.3 Å². The number of rotatable bonds is 0. The number of nitrogens with zero attached hydrogens (tertiary/aromatic N) is 1.